The predicted molar refractivity (Wildman–Crippen MR) is 64.2 cm³/mol. The number of hydrogen-bond acceptors (Lipinski definition) is 3. The summed E-state index contributed by atoms with van der Waals surface area (Å²) in [6.07, 6.45) is 4.02. The smallest absolute Gasteiger partial charge is 0.221 e. The summed E-state index contributed by atoms with van der Waals surface area (Å²) in [6, 6.07) is 0.167. The second-order valence-corrected chi connectivity index (χ2v) is 4.69. The van der Waals surface area contributed by atoms with Crippen molar-refractivity contribution in [2.75, 3.05) is 6.54 Å². The summed E-state index contributed by atoms with van der Waals surface area (Å²) in [4.78, 5) is 11.7. The molecule has 1 amide bonds. The number of nitrogens with one attached hydrogen (secondary N) is 2. The van der Waals surface area contributed by atoms with Gasteiger partial charge in [-0.25, -0.2) is 0 Å². The molecule has 0 aromatic carbocycles. The normalized spacial score (nSPS) is 27.4. The molecular formula is C12H24N2O2. The minimum absolute atomic E-state index is 0.0323. The van der Waals surface area contributed by atoms with Crippen LogP contribution in [0.5, 0.6) is 0 Å². The Kier molecular flexibility index (Phi) is 5.77. The minimum atomic E-state index is -0.354. The Morgan fingerprint density at radius 2 is 2.12 bits per heavy atom. The molecule has 1 fully saturated rings. The maximum Gasteiger partial charge on any atom is 0.221 e. The first-order chi connectivity index (χ1) is 7.63. The quantitative estimate of drug-likeness (QED) is 0.652. The van der Waals surface area contributed by atoms with Crippen LogP contribution in [0.2, 0.25) is 0 Å². The largest absolute Gasteiger partial charge is 0.391 e. The standard InChI is InChI=1S/C12H24N2O2/c1-3-13-9(2)8-12(16)14-10-6-4-5-7-11(10)15/h9-11,13,15H,3-8H2,1-2H3,(H,14,16). The van der Waals surface area contributed by atoms with Crippen LogP contribution in [0, 0.1) is 0 Å². The highest BCUT2D eigenvalue weighted by Crippen LogP contribution is 2.18. The lowest BCUT2D eigenvalue weighted by molar-refractivity contribution is -0.123. The van der Waals surface area contributed by atoms with E-state index in [2.05, 4.69) is 10.6 Å². The van der Waals surface area contributed by atoms with Gasteiger partial charge < -0.3 is 15.7 Å². The molecule has 0 heterocycles. The molecule has 4 heteroatoms. The van der Waals surface area contributed by atoms with Crippen LogP contribution in [-0.4, -0.2) is 35.7 Å². The summed E-state index contributed by atoms with van der Waals surface area (Å²) < 4.78 is 0. The van der Waals surface area contributed by atoms with Crippen LogP contribution in [0.3, 0.4) is 0 Å². The molecule has 0 aliphatic heterocycles. The Bertz CT molecular complexity index is 221. The van der Waals surface area contributed by atoms with E-state index < -0.39 is 0 Å². The summed E-state index contributed by atoms with van der Waals surface area (Å²) in [7, 11) is 0. The fraction of sp³-hybridized carbons (Fsp3) is 0.917. The third-order valence-electron chi connectivity index (χ3n) is 3.12. The summed E-state index contributed by atoms with van der Waals surface area (Å²) in [5.74, 6) is 0.0411. The Balaban J connectivity index is 2.27. The Morgan fingerprint density at radius 3 is 2.75 bits per heavy atom. The molecule has 16 heavy (non-hydrogen) atoms. The van der Waals surface area contributed by atoms with Gasteiger partial charge in [0.25, 0.3) is 0 Å². The Morgan fingerprint density at radius 1 is 1.44 bits per heavy atom. The number of aliphatic hydroxyl groups is 1. The van der Waals surface area contributed by atoms with Crippen LogP contribution in [0.25, 0.3) is 0 Å². The Hall–Kier alpha value is -0.610. The SMILES string of the molecule is CCNC(C)CC(=O)NC1CCCCC1O. The average molecular weight is 228 g/mol. The molecule has 4 nitrogen and oxygen atoms in total. The topological polar surface area (TPSA) is 61.4 Å². The number of amides is 1. The third kappa shape index (κ3) is 4.49. The monoisotopic (exact) mass is 228 g/mol. The van der Waals surface area contributed by atoms with Gasteiger partial charge in [0.15, 0.2) is 0 Å². The molecule has 1 aliphatic carbocycles. The molecule has 94 valence electrons. The lowest BCUT2D eigenvalue weighted by atomic mass is 9.92. The van der Waals surface area contributed by atoms with Crippen LogP contribution in [0.4, 0.5) is 0 Å². The predicted octanol–water partition coefficient (Wildman–Crippen LogP) is 0.794. The van der Waals surface area contributed by atoms with E-state index in [0.29, 0.717) is 6.42 Å². The van der Waals surface area contributed by atoms with Crippen molar-refractivity contribution in [1.29, 1.82) is 0 Å². The van der Waals surface area contributed by atoms with Crippen molar-refractivity contribution in [1.82, 2.24) is 10.6 Å². The van der Waals surface area contributed by atoms with Gasteiger partial charge in [-0.15, -0.1) is 0 Å². The number of rotatable bonds is 5. The van der Waals surface area contributed by atoms with Gasteiger partial charge >= 0.3 is 0 Å². The highest BCUT2D eigenvalue weighted by molar-refractivity contribution is 5.76. The van der Waals surface area contributed by atoms with Crippen molar-refractivity contribution in [3.63, 3.8) is 0 Å². The molecular weight excluding hydrogens is 204 g/mol. The van der Waals surface area contributed by atoms with Gasteiger partial charge in [0, 0.05) is 12.5 Å². The van der Waals surface area contributed by atoms with Crippen LogP contribution in [0.1, 0.15) is 46.0 Å². The molecule has 0 spiro atoms. The van der Waals surface area contributed by atoms with E-state index >= 15 is 0 Å². The van der Waals surface area contributed by atoms with Gasteiger partial charge in [0.05, 0.1) is 12.1 Å². The van der Waals surface area contributed by atoms with Gasteiger partial charge in [0.2, 0.25) is 5.91 Å². The van der Waals surface area contributed by atoms with Gasteiger partial charge in [-0.05, 0) is 26.3 Å². The molecule has 0 radical (unpaired) electrons. The van der Waals surface area contributed by atoms with Crippen molar-refractivity contribution in [2.24, 2.45) is 0 Å². The summed E-state index contributed by atoms with van der Waals surface area (Å²) in [5, 5.41) is 15.9. The molecule has 1 aliphatic rings. The zero-order chi connectivity index (χ0) is 12.0. The molecule has 3 unspecified atom stereocenters. The van der Waals surface area contributed by atoms with Crippen LogP contribution in [0.15, 0.2) is 0 Å². The van der Waals surface area contributed by atoms with E-state index in [9.17, 15) is 9.90 Å². The molecule has 0 aromatic rings. The second kappa shape index (κ2) is 6.86. The van der Waals surface area contributed by atoms with E-state index in [0.717, 1.165) is 32.2 Å². The van der Waals surface area contributed by atoms with Crippen molar-refractivity contribution >= 4 is 5.91 Å². The summed E-state index contributed by atoms with van der Waals surface area (Å²) in [6.45, 7) is 4.90. The number of hydrogen-bond donors (Lipinski definition) is 3. The number of carbonyl (C=O) groups is 1. The van der Waals surface area contributed by atoms with Gasteiger partial charge in [-0.1, -0.05) is 19.8 Å². The first-order valence-corrected chi connectivity index (χ1v) is 6.34. The highest BCUT2D eigenvalue weighted by Gasteiger charge is 2.24. The van der Waals surface area contributed by atoms with E-state index in [-0.39, 0.29) is 24.1 Å². The van der Waals surface area contributed by atoms with Crippen molar-refractivity contribution in [2.45, 2.75) is 64.1 Å². The maximum atomic E-state index is 11.7. The Labute approximate surface area is 97.8 Å². The van der Waals surface area contributed by atoms with Gasteiger partial charge in [-0.3, -0.25) is 4.79 Å². The van der Waals surface area contributed by atoms with E-state index in [1.807, 2.05) is 13.8 Å². The molecule has 0 bridgehead atoms. The van der Waals surface area contributed by atoms with E-state index in [4.69, 9.17) is 0 Å². The molecule has 1 rings (SSSR count). The number of carbonyl (C=O) groups excluding carboxylic acids is 1. The lowest BCUT2D eigenvalue weighted by Gasteiger charge is -2.28. The molecule has 1 saturated carbocycles. The second-order valence-electron chi connectivity index (χ2n) is 4.69. The van der Waals surface area contributed by atoms with Crippen LogP contribution in [-0.2, 0) is 4.79 Å². The van der Waals surface area contributed by atoms with E-state index in [1.165, 1.54) is 0 Å². The highest BCUT2D eigenvalue weighted by atomic mass is 16.3. The number of aliphatic hydroxyl groups excluding tert-OH is 1. The summed E-state index contributed by atoms with van der Waals surface area (Å²) >= 11 is 0. The van der Waals surface area contributed by atoms with Crippen molar-refractivity contribution in [3.05, 3.63) is 0 Å². The lowest BCUT2D eigenvalue weighted by Crippen LogP contribution is -2.46. The van der Waals surface area contributed by atoms with Gasteiger partial charge in [-0.2, -0.15) is 0 Å². The van der Waals surface area contributed by atoms with Crippen LogP contribution < -0.4 is 10.6 Å². The molecule has 3 atom stereocenters. The van der Waals surface area contributed by atoms with Gasteiger partial charge in [0.1, 0.15) is 0 Å². The molecule has 0 saturated heterocycles. The fourth-order valence-corrected chi connectivity index (χ4v) is 2.24. The summed E-state index contributed by atoms with van der Waals surface area (Å²) in [5.41, 5.74) is 0. The van der Waals surface area contributed by atoms with Crippen LogP contribution >= 0.6 is 0 Å². The molecule has 3 N–H and O–H groups in total. The first-order valence-electron chi connectivity index (χ1n) is 6.34. The van der Waals surface area contributed by atoms with Crippen molar-refractivity contribution < 1.29 is 9.90 Å². The maximum absolute atomic E-state index is 11.7. The minimum Gasteiger partial charge on any atom is -0.391 e. The van der Waals surface area contributed by atoms with Crippen molar-refractivity contribution in [3.8, 4) is 0 Å². The average Bonchev–Trinajstić information content (AvgIpc) is 2.21. The molecule has 0 aromatic heterocycles. The first kappa shape index (κ1) is 13.5. The fourth-order valence-electron chi connectivity index (χ4n) is 2.24. The zero-order valence-corrected chi connectivity index (χ0v) is 10.3. The third-order valence-corrected chi connectivity index (χ3v) is 3.12. The van der Waals surface area contributed by atoms with E-state index in [1.54, 1.807) is 0 Å². The zero-order valence-electron chi connectivity index (χ0n) is 10.3.